The molecule has 0 aliphatic carbocycles. The van der Waals surface area contributed by atoms with E-state index in [2.05, 4.69) is 0 Å². The standard InChI is InChI=1S/C11H11FINO3/c12-9-3-7(1-2-10(9)13)14-4-8(5-15)17-11(14)6-16/h1-3,6,8,11,15H,4-5H2. The zero-order valence-electron chi connectivity index (χ0n) is 8.85. The van der Waals surface area contributed by atoms with Crippen LogP contribution in [0.3, 0.4) is 0 Å². The van der Waals surface area contributed by atoms with Gasteiger partial charge in [0, 0.05) is 15.8 Å². The number of aldehydes is 1. The Morgan fingerprint density at radius 2 is 2.41 bits per heavy atom. The van der Waals surface area contributed by atoms with Crippen LogP contribution >= 0.6 is 22.6 Å². The van der Waals surface area contributed by atoms with Gasteiger partial charge in [0.25, 0.3) is 0 Å². The summed E-state index contributed by atoms with van der Waals surface area (Å²) in [5.41, 5.74) is 0.580. The highest BCUT2D eigenvalue weighted by atomic mass is 127. The Balaban J connectivity index is 2.25. The quantitative estimate of drug-likeness (QED) is 0.656. The minimum absolute atomic E-state index is 0.159. The number of aliphatic hydroxyl groups is 1. The Labute approximate surface area is 112 Å². The minimum Gasteiger partial charge on any atom is -0.394 e. The summed E-state index contributed by atoms with van der Waals surface area (Å²) < 4.78 is 19.2. The van der Waals surface area contributed by atoms with Crippen LogP contribution in [0.2, 0.25) is 0 Å². The van der Waals surface area contributed by atoms with Crippen molar-refractivity contribution in [1.29, 1.82) is 0 Å². The average Bonchev–Trinajstić information content (AvgIpc) is 2.76. The number of carbonyl (C=O) groups is 1. The van der Waals surface area contributed by atoms with Gasteiger partial charge in [0.05, 0.1) is 6.61 Å². The van der Waals surface area contributed by atoms with Gasteiger partial charge in [-0.25, -0.2) is 4.39 Å². The molecular weight excluding hydrogens is 340 g/mol. The maximum absolute atomic E-state index is 13.4. The Bertz CT molecular complexity index is 429. The van der Waals surface area contributed by atoms with Gasteiger partial charge in [-0.2, -0.15) is 0 Å². The first kappa shape index (κ1) is 12.7. The molecule has 1 aliphatic heterocycles. The van der Waals surface area contributed by atoms with Crippen molar-refractivity contribution in [2.75, 3.05) is 18.1 Å². The van der Waals surface area contributed by atoms with Crippen LogP contribution in [0, 0.1) is 9.39 Å². The number of hydrogen-bond acceptors (Lipinski definition) is 4. The summed E-state index contributed by atoms with van der Waals surface area (Å²) in [6.07, 6.45) is -0.523. The number of anilines is 1. The topological polar surface area (TPSA) is 49.8 Å². The van der Waals surface area contributed by atoms with Crippen molar-refractivity contribution >= 4 is 34.6 Å². The molecule has 1 saturated heterocycles. The molecule has 2 rings (SSSR count). The highest BCUT2D eigenvalue weighted by molar-refractivity contribution is 14.1. The monoisotopic (exact) mass is 351 g/mol. The van der Waals surface area contributed by atoms with Crippen molar-refractivity contribution in [1.82, 2.24) is 0 Å². The van der Waals surface area contributed by atoms with Crippen LogP contribution in [0.5, 0.6) is 0 Å². The SMILES string of the molecule is O=CC1OC(CO)CN1c1ccc(I)c(F)c1. The molecule has 1 heterocycles. The van der Waals surface area contributed by atoms with E-state index >= 15 is 0 Å². The van der Waals surface area contributed by atoms with Gasteiger partial charge in [0.15, 0.2) is 12.5 Å². The van der Waals surface area contributed by atoms with Gasteiger partial charge in [0.1, 0.15) is 11.9 Å². The molecular formula is C11H11FINO3. The summed E-state index contributed by atoms with van der Waals surface area (Å²) >= 11 is 1.90. The first-order valence-electron chi connectivity index (χ1n) is 5.09. The highest BCUT2D eigenvalue weighted by Crippen LogP contribution is 2.26. The lowest BCUT2D eigenvalue weighted by atomic mass is 10.2. The van der Waals surface area contributed by atoms with Crippen molar-refractivity contribution < 1.29 is 19.0 Å². The van der Waals surface area contributed by atoms with Gasteiger partial charge < -0.3 is 14.7 Å². The Morgan fingerprint density at radius 3 is 3.00 bits per heavy atom. The van der Waals surface area contributed by atoms with Crippen LogP contribution in [0.4, 0.5) is 10.1 Å². The van der Waals surface area contributed by atoms with E-state index in [4.69, 9.17) is 9.84 Å². The van der Waals surface area contributed by atoms with Crippen LogP contribution in [-0.4, -0.2) is 36.9 Å². The van der Waals surface area contributed by atoms with Crippen molar-refractivity contribution in [2.45, 2.75) is 12.3 Å². The number of nitrogens with zero attached hydrogens (tertiary/aromatic N) is 1. The number of ether oxygens (including phenoxy) is 1. The first-order valence-corrected chi connectivity index (χ1v) is 6.17. The zero-order chi connectivity index (χ0) is 12.4. The summed E-state index contributed by atoms with van der Waals surface area (Å²) in [5.74, 6) is -0.333. The second kappa shape index (κ2) is 5.28. The van der Waals surface area contributed by atoms with Gasteiger partial charge >= 0.3 is 0 Å². The maximum Gasteiger partial charge on any atom is 0.187 e. The van der Waals surface area contributed by atoms with Crippen molar-refractivity contribution in [3.05, 3.63) is 27.6 Å². The molecule has 0 amide bonds. The molecule has 0 radical (unpaired) electrons. The number of aliphatic hydroxyl groups excluding tert-OH is 1. The molecule has 0 saturated carbocycles. The van der Waals surface area contributed by atoms with Gasteiger partial charge in [-0.3, -0.25) is 4.79 Å². The average molecular weight is 351 g/mol. The maximum atomic E-state index is 13.4. The van der Waals surface area contributed by atoms with Crippen LogP contribution < -0.4 is 4.90 Å². The molecule has 92 valence electrons. The van der Waals surface area contributed by atoms with Crippen molar-refractivity contribution in [3.63, 3.8) is 0 Å². The lowest BCUT2D eigenvalue weighted by Gasteiger charge is -2.20. The van der Waals surface area contributed by atoms with E-state index in [0.29, 0.717) is 22.1 Å². The summed E-state index contributed by atoms with van der Waals surface area (Å²) in [5, 5.41) is 9.00. The van der Waals surface area contributed by atoms with Crippen molar-refractivity contribution in [2.24, 2.45) is 0 Å². The number of halogens is 2. The van der Waals surface area contributed by atoms with E-state index in [1.807, 2.05) is 22.6 Å². The molecule has 6 heteroatoms. The Hall–Kier alpha value is -0.730. The van der Waals surface area contributed by atoms with Gasteiger partial charge in [0.2, 0.25) is 0 Å². The summed E-state index contributed by atoms with van der Waals surface area (Å²) in [4.78, 5) is 12.5. The predicted octanol–water partition coefficient (Wildman–Crippen LogP) is 1.15. The minimum atomic E-state index is -0.758. The smallest absolute Gasteiger partial charge is 0.187 e. The highest BCUT2D eigenvalue weighted by Gasteiger charge is 2.32. The summed E-state index contributed by atoms with van der Waals surface area (Å²) in [6, 6.07) is 4.73. The molecule has 2 unspecified atom stereocenters. The summed E-state index contributed by atoms with van der Waals surface area (Å²) in [6.45, 7) is 0.216. The van der Waals surface area contributed by atoms with Crippen LogP contribution in [-0.2, 0) is 9.53 Å². The van der Waals surface area contributed by atoms with E-state index in [9.17, 15) is 9.18 Å². The molecule has 4 nitrogen and oxygen atoms in total. The predicted molar refractivity (Wildman–Crippen MR) is 68.3 cm³/mol. The molecule has 0 aromatic heterocycles. The molecule has 1 aromatic carbocycles. The molecule has 0 spiro atoms. The van der Waals surface area contributed by atoms with E-state index in [1.165, 1.54) is 6.07 Å². The third-order valence-electron chi connectivity index (χ3n) is 2.59. The second-order valence-corrected chi connectivity index (χ2v) is 4.88. The van der Waals surface area contributed by atoms with Gasteiger partial charge in [-0.1, -0.05) is 0 Å². The van der Waals surface area contributed by atoms with Crippen LogP contribution in [0.1, 0.15) is 0 Å². The molecule has 1 fully saturated rings. The van der Waals surface area contributed by atoms with Gasteiger partial charge in [-0.15, -0.1) is 0 Å². The van der Waals surface area contributed by atoms with E-state index in [0.717, 1.165) is 0 Å². The fraction of sp³-hybridized carbons (Fsp3) is 0.364. The van der Waals surface area contributed by atoms with Crippen molar-refractivity contribution in [3.8, 4) is 0 Å². The Morgan fingerprint density at radius 1 is 1.65 bits per heavy atom. The second-order valence-electron chi connectivity index (χ2n) is 3.72. The van der Waals surface area contributed by atoms with Crippen LogP contribution in [0.15, 0.2) is 18.2 Å². The molecule has 1 aromatic rings. The first-order chi connectivity index (χ1) is 8.15. The number of hydrogen-bond donors (Lipinski definition) is 1. The fourth-order valence-corrected chi connectivity index (χ4v) is 2.09. The van der Waals surface area contributed by atoms with Gasteiger partial charge in [-0.05, 0) is 40.8 Å². The third-order valence-corrected chi connectivity index (χ3v) is 3.47. The molecule has 17 heavy (non-hydrogen) atoms. The van der Waals surface area contributed by atoms with E-state index in [-0.39, 0.29) is 12.4 Å². The molecule has 1 N–H and O–H groups in total. The number of rotatable bonds is 3. The lowest BCUT2D eigenvalue weighted by molar-refractivity contribution is -0.117. The van der Waals surface area contributed by atoms with E-state index in [1.54, 1.807) is 17.0 Å². The molecule has 1 aliphatic rings. The Kier molecular flexibility index (Phi) is 3.95. The largest absolute Gasteiger partial charge is 0.394 e. The molecule has 0 bridgehead atoms. The fourth-order valence-electron chi connectivity index (χ4n) is 1.76. The third kappa shape index (κ3) is 2.58. The number of benzene rings is 1. The lowest BCUT2D eigenvalue weighted by Crippen LogP contribution is -2.31. The van der Waals surface area contributed by atoms with E-state index < -0.39 is 12.3 Å². The van der Waals surface area contributed by atoms with Crippen LogP contribution in [0.25, 0.3) is 0 Å². The normalized spacial score (nSPS) is 24.1. The summed E-state index contributed by atoms with van der Waals surface area (Å²) in [7, 11) is 0. The zero-order valence-corrected chi connectivity index (χ0v) is 11.0. The number of carbonyl (C=O) groups excluding carboxylic acids is 1. The molecule has 2 atom stereocenters.